The van der Waals surface area contributed by atoms with Crippen LogP contribution in [0.5, 0.6) is 11.5 Å². The van der Waals surface area contributed by atoms with Crippen LogP contribution in [-0.4, -0.2) is 34.9 Å². The van der Waals surface area contributed by atoms with Gasteiger partial charge in [0.25, 0.3) is 11.8 Å². The van der Waals surface area contributed by atoms with Crippen LogP contribution in [0.1, 0.15) is 25.0 Å². The summed E-state index contributed by atoms with van der Waals surface area (Å²) in [5, 5.41) is 3.15. The van der Waals surface area contributed by atoms with Crippen molar-refractivity contribution in [2.45, 2.75) is 26.5 Å². The molecule has 1 aliphatic heterocycles. The number of carbonyl (C=O) groups excluding carboxylic acids is 2. The van der Waals surface area contributed by atoms with Crippen LogP contribution in [-0.2, 0) is 16.1 Å². The highest BCUT2D eigenvalue weighted by molar-refractivity contribution is 6.36. The van der Waals surface area contributed by atoms with E-state index in [2.05, 4.69) is 10.3 Å². The summed E-state index contributed by atoms with van der Waals surface area (Å²) in [5.74, 6) is 0.639. The Morgan fingerprint density at radius 2 is 1.64 bits per heavy atom. The number of hydrogen-bond donors (Lipinski definition) is 1. The van der Waals surface area contributed by atoms with Gasteiger partial charge in [0.05, 0.1) is 25.3 Å². The van der Waals surface area contributed by atoms with Crippen LogP contribution in [0.2, 0.25) is 0 Å². The lowest BCUT2D eigenvalue weighted by atomic mass is 10.0. The first-order valence-corrected chi connectivity index (χ1v) is 10.6. The highest BCUT2D eigenvalue weighted by Gasteiger charge is 2.39. The summed E-state index contributed by atoms with van der Waals surface area (Å²) >= 11 is 0. The van der Waals surface area contributed by atoms with Crippen molar-refractivity contribution >= 4 is 23.1 Å². The molecule has 4 rings (SSSR count). The first kappa shape index (κ1) is 22.1. The Labute approximate surface area is 192 Å². The van der Waals surface area contributed by atoms with Crippen molar-refractivity contribution in [3.05, 3.63) is 89.9 Å². The van der Waals surface area contributed by atoms with Gasteiger partial charge >= 0.3 is 0 Å². The number of benzene rings is 2. The highest BCUT2D eigenvalue weighted by Crippen LogP contribution is 2.32. The number of amides is 2. The van der Waals surface area contributed by atoms with Gasteiger partial charge in [0.15, 0.2) is 0 Å². The summed E-state index contributed by atoms with van der Waals surface area (Å²) in [6.07, 6.45) is 3.33. The van der Waals surface area contributed by atoms with E-state index in [9.17, 15) is 9.59 Å². The molecule has 168 valence electrons. The highest BCUT2D eigenvalue weighted by atomic mass is 16.5. The van der Waals surface area contributed by atoms with Gasteiger partial charge in [-0.15, -0.1) is 0 Å². The summed E-state index contributed by atoms with van der Waals surface area (Å²) in [5.41, 5.74) is 2.62. The van der Waals surface area contributed by atoms with Crippen LogP contribution in [0.25, 0.3) is 5.57 Å². The number of rotatable bonds is 8. The molecule has 0 unspecified atom stereocenters. The molecule has 0 saturated heterocycles. The van der Waals surface area contributed by atoms with Crippen LogP contribution in [0.4, 0.5) is 5.69 Å². The SMILES string of the molecule is COc1ccc(NC2=C(c3ccc(OC(C)C)cc3)C(=O)N(Cc3cccnc3)C2=O)cc1. The molecule has 0 spiro atoms. The molecule has 3 aromatic rings. The maximum atomic E-state index is 13.4. The molecule has 1 N–H and O–H groups in total. The van der Waals surface area contributed by atoms with E-state index in [1.165, 1.54) is 4.90 Å². The molecule has 1 aliphatic rings. The number of ether oxygens (including phenoxy) is 2. The van der Waals surface area contributed by atoms with Gasteiger partial charge in [0, 0.05) is 18.1 Å². The van der Waals surface area contributed by atoms with Crippen LogP contribution >= 0.6 is 0 Å². The topological polar surface area (TPSA) is 80.8 Å². The minimum atomic E-state index is -0.392. The number of aromatic nitrogens is 1. The Hall–Kier alpha value is -4.13. The smallest absolute Gasteiger partial charge is 0.278 e. The van der Waals surface area contributed by atoms with Gasteiger partial charge in [-0.2, -0.15) is 0 Å². The number of imide groups is 1. The molecule has 0 radical (unpaired) electrons. The van der Waals surface area contributed by atoms with Crippen molar-refractivity contribution in [2.75, 3.05) is 12.4 Å². The van der Waals surface area contributed by atoms with Gasteiger partial charge in [-0.1, -0.05) is 18.2 Å². The Morgan fingerprint density at radius 3 is 2.24 bits per heavy atom. The monoisotopic (exact) mass is 443 g/mol. The lowest BCUT2D eigenvalue weighted by Gasteiger charge is -2.15. The summed E-state index contributed by atoms with van der Waals surface area (Å²) in [4.78, 5) is 32.1. The fourth-order valence-corrected chi connectivity index (χ4v) is 3.57. The summed E-state index contributed by atoms with van der Waals surface area (Å²) in [7, 11) is 1.59. The van der Waals surface area contributed by atoms with Crippen molar-refractivity contribution in [2.24, 2.45) is 0 Å². The van der Waals surface area contributed by atoms with Crippen LogP contribution < -0.4 is 14.8 Å². The van der Waals surface area contributed by atoms with Gasteiger partial charge in [-0.25, -0.2) is 0 Å². The molecule has 2 heterocycles. The third kappa shape index (κ3) is 4.87. The van der Waals surface area contributed by atoms with Crippen molar-refractivity contribution in [1.29, 1.82) is 0 Å². The zero-order valence-electron chi connectivity index (χ0n) is 18.7. The molecule has 0 atom stereocenters. The fraction of sp³-hybridized carbons (Fsp3) is 0.192. The predicted octanol–water partition coefficient (Wildman–Crippen LogP) is 4.27. The number of methoxy groups -OCH3 is 1. The van der Waals surface area contributed by atoms with E-state index in [0.717, 1.165) is 5.56 Å². The predicted molar refractivity (Wildman–Crippen MR) is 126 cm³/mol. The molecule has 7 heteroatoms. The van der Waals surface area contributed by atoms with Gasteiger partial charge in [0.1, 0.15) is 17.2 Å². The molecule has 0 fully saturated rings. The number of nitrogens with zero attached hydrogens (tertiary/aromatic N) is 2. The maximum absolute atomic E-state index is 13.4. The standard InChI is InChI=1S/C26H25N3O4/c1-17(2)33-22-10-6-19(7-11-22)23-24(28-20-8-12-21(32-3)13-9-20)26(31)29(25(23)30)16-18-5-4-14-27-15-18/h4-15,17,28H,16H2,1-3H3. The van der Waals surface area contributed by atoms with E-state index in [1.807, 2.05) is 19.9 Å². The fourth-order valence-electron chi connectivity index (χ4n) is 3.57. The average Bonchev–Trinajstić information content (AvgIpc) is 3.05. The number of pyridine rings is 1. The number of carbonyl (C=O) groups is 2. The molecule has 0 saturated carbocycles. The first-order valence-electron chi connectivity index (χ1n) is 10.6. The van der Waals surface area contributed by atoms with E-state index in [1.54, 1.807) is 74.1 Å². The summed E-state index contributed by atoms with van der Waals surface area (Å²) in [6.45, 7) is 4.03. The third-order valence-electron chi connectivity index (χ3n) is 5.11. The number of hydrogen-bond acceptors (Lipinski definition) is 6. The van der Waals surface area contributed by atoms with E-state index in [4.69, 9.17) is 9.47 Å². The molecular weight excluding hydrogens is 418 g/mol. The first-order chi connectivity index (χ1) is 16.0. The zero-order valence-corrected chi connectivity index (χ0v) is 18.7. The zero-order chi connectivity index (χ0) is 23.4. The molecule has 2 amide bonds. The molecule has 33 heavy (non-hydrogen) atoms. The largest absolute Gasteiger partial charge is 0.497 e. The number of nitrogens with one attached hydrogen (secondary N) is 1. The maximum Gasteiger partial charge on any atom is 0.278 e. The average molecular weight is 444 g/mol. The Bertz CT molecular complexity index is 1170. The Kier molecular flexibility index (Phi) is 6.40. The van der Waals surface area contributed by atoms with Crippen LogP contribution in [0, 0.1) is 0 Å². The van der Waals surface area contributed by atoms with E-state index >= 15 is 0 Å². The quantitative estimate of drug-likeness (QED) is 0.524. The lowest BCUT2D eigenvalue weighted by Crippen LogP contribution is -2.32. The van der Waals surface area contributed by atoms with Gasteiger partial charge in [0.2, 0.25) is 0 Å². The van der Waals surface area contributed by atoms with E-state index in [0.29, 0.717) is 28.3 Å². The van der Waals surface area contributed by atoms with Gasteiger partial charge in [-0.3, -0.25) is 19.5 Å². The second kappa shape index (κ2) is 9.56. The molecule has 7 nitrogen and oxygen atoms in total. The molecule has 1 aromatic heterocycles. The van der Waals surface area contributed by atoms with Crippen molar-refractivity contribution in [1.82, 2.24) is 9.88 Å². The van der Waals surface area contributed by atoms with E-state index in [-0.39, 0.29) is 24.3 Å². The Balaban J connectivity index is 1.70. The van der Waals surface area contributed by atoms with Crippen molar-refractivity contribution < 1.29 is 19.1 Å². The van der Waals surface area contributed by atoms with Crippen LogP contribution in [0.3, 0.4) is 0 Å². The Morgan fingerprint density at radius 1 is 0.939 bits per heavy atom. The second-order valence-corrected chi connectivity index (χ2v) is 7.85. The van der Waals surface area contributed by atoms with E-state index < -0.39 is 5.91 Å². The van der Waals surface area contributed by atoms with Crippen molar-refractivity contribution in [3.8, 4) is 11.5 Å². The number of anilines is 1. The molecule has 0 bridgehead atoms. The summed E-state index contributed by atoms with van der Waals surface area (Å²) < 4.78 is 10.9. The second-order valence-electron chi connectivity index (χ2n) is 7.85. The molecular formula is C26H25N3O4. The third-order valence-corrected chi connectivity index (χ3v) is 5.11. The molecule has 0 aliphatic carbocycles. The van der Waals surface area contributed by atoms with Crippen LogP contribution in [0.15, 0.2) is 78.8 Å². The summed E-state index contributed by atoms with van der Waals surface area (Å²) in [6, 6.07) is 18.0. The minimum Gasteiger partial charge on any atom is -0.497 e. The van der Waals surface area contributed by atoms with Crippen molar-refractivity contribution in [3.63, 3.8) is 0 Å². The van der Waals surface area contributed by atoms with Gasteiger partial charge < -0.3 is 14.8 Å². The lowest BCUT2D eigenvalue weighted by molar-refractivity contribution is -0.137. The van der Waals surface area contributed by atoms with Gasteiger partial charge in [-0.05, 0) is 67.4 Å². The minimum absolute atomic E-state index is 0.0343. The molecule has 2 aromatic carbocycles. The normalized spacial score (nSPS) is 13.6.